The minimum atomic E-state index is -0.0354. The molecule has 22 heavy (non-hydrogen) atoms. The van der Waals surface area contributed by atoms with Gasteiger partial charge in [0.2, 0.25) is 0 Å². The fourth-order valence-electron chi connectivity index (χ4n) is 2.91. The van der Waals surface area contributed by atoms with E-state index < -0.39 is 0 Å². The molecule has 3 nitrogen and oxygen atoms in total. The zero-order chi connectivity index (χ0) is 15.5. The molecular formula is C18H19BrN2O. The average Bonchev–Trinajstić information content (AvgIpc) is 2.97. The van der Waals surface area contributed by atoms with Crippen molar-refractivity contribution in [1.29, 1.82) is 0 Å². The van der Waals surface area contributed by atoms with Crippen molar-refractivity contribution in [3.05, 3.63) is 64.1 Å². The molecule has 0 spiro atoms. The Bertz CT molecular complexity index is 686. The van der Waals surface area contributed by atoms with Crippen LogP contribution in [0.3, 0.4) is 0 Å². The molecule has 0 aromatic heterocycles. The fraction of sp³-hybridized carbons (Fsp3) is 0.278. The van der Waals surface area contributed by atoms with Crippen LogP contribution in [0.5, 0.6) is 0 Å². The minimum absolute atomic E-state index is 0.0354. The molecule has 2 aromatic carbocycles. The molecule has 4 heteroatoms. The highest BCUT2D eigenvalue weighted by molar-refractivity contribution is 9.10. The van der Waals surface area contributed by atoms with E-state index in [0.29, 0.717) is 12.1 Å². The van der Waals surface area contributed by atoms with Crippen LogP contribution >= 0.6 is 15.9 Å². The first kappa shape index (κ1) is 15.1. The summed E-state index contributed by atoms with van der Waals surface area (Å²) in [6.07, 6.45) is 1.08. The van der Waals surface area contributed by atoms with Crippen molar-refractivity contribution in [3.63, 3.8) is 0 Å². The van der Waals surface area contributed by atoms with Gasteiger partial charge >= 0.3 is 0 Å². The number of fused-ring (bicyclic) bond motifs is 1. The smallest absolute Gasteiger partial charge is 0.252 e. The van der Waals surface area contributed by atoms with Gasteiger partial charge in [-0.25, -0.2) is 0 Å². The Morgan fingerprint density at radius 2 is 1.95 bits per heavy atom. The molecule has 114 valence electrons. The molecule has 1 atom stereocenters. The molecular weight excluding hydrogens is 340 g/mol. The van der Waals surface area contributed by atoms with Crippen molar-refractivity contribution >= 4 is 27.5 Å². The number of carbonyl (C=O) groups is 1. The standard InChI is InChI=1S/C18H19BrN2O/c1-13(21-11-10-14-6-2-5-9-17(14)21)12-20-18(22)15-7-3-4-8-16(15)19/h2-9,13H,10-12H2,1H3,(H,20,22). The van der Waals surface area contributed by atoms with E-state index in [-0.39, 0.29) is 11.9 Å². The highest BCUT2D eigenvalue weighted by Crippen LogP contribution is 2.28. The highest BCUT2D eigenvalue weighted by atomic mass is 79.9. The van der Waals surface area contributed by atoms with Crippen LogP contribution in [0.15, 0.2) is 53.0 Å². The summed E-state index contributed by atoms with van der Waals surface area (Å²) in [6.45, 7) is 3.81. The molecule has 0 saturated heterocycles. The summed E-state index contributed by atoms with van der Waals surface area (Å²) in [5.74, 6) is -0.0354. The normalized spacial score (nSPS) is 14.5. The topological polar surface area (TPSA) is 32.3 Å². The first-order valence-corrected chi connectivity index (χ1v) is 8.33. The number of benzene rings is 2. The van der Waals surface area contributed by atoms with Crippen LogP contribution in [0.4, 0.5) is 5.69 Å². The monoisotopic (exact) mass is 358 g/mol. The molecule has 2 aromatic rings. The first-order chi connectivity index (χ1) is 10.7. The van der Waals surface area contributed by atoms with E-state index >= 15 is 0 Å². The lowest BCUT2D eigenvalue weighted by Crippen LogP contribution is -2.41. The van der Waals surface area contributed by atoms with Gasteiger partial charge in [0.15, 0.2) is 0 Å². The van der Waals surface area contributed by atoms with E-state index in [4.69, 9.17) is 0 Å². The lowest BCUT2D eigenvalue weighted by molar-refractivity contribution is 0.0950. The minimum Gasteiger partial charge on any atom is -0.366 e. The molecule has 0 radical (unpaired) electrons. The number of rotatable bonds is 4. The van der Waals surface area contributed by atoms with Gasteiger partial charge in [-0.2, -0.15) is 0 Å². The molecule has 0 aliphatic carbocycles. The molecule has 3 rings (SSSR count). The van der Waals surface area contributed by atoms with Crippen LogP contribution < -0.4 is 10.2 Å². The molecule has 1 aliphatic heterocycles. The van der Waals surface area contributed by atoms with E-state index in [1.54, 1.807) is 0 Å². The molecule has 1 unspecified atom stereocenters. The molecule has 1 N–H and O–H groups in total. The summed E-state index contributed by atoms with van der Waals surface area (Å²) in [6, 6.07) is 16.3. The van der Waals surface area contributed by atoms with Crippen molar-refractivity contribution in [1.82, 2.24) is 5.32 Å². The summed E-state index contributed by atoms with van der Waals surface area (Å²) in [5.41, 5.74) is 3.37. The summed E-state index contributed by atoms with van der Waals surface area (Å²) >= 11 is 3.42. The van der Waals surface area contributed by atoms with Gasteiger partial charge in [0, 0.05) is 29.3 Å². The van der Waals surface area contributed by atoms with E-state index in [2.05, 4.69) is 57.3 Å². The van der Waals surface area contributed by atoms with Crippen LogP contribution in [0.1, 0.15) is 22.8 Å². The largest absolute Gasteiger partial charge is 0.366 e. The lowest BCUT2D eigenvalue weighted by atomic mass is 10.1. The van der Waals surface area contributed by atoms with E-state index in [9.17, 15) is 4.79 Å². The Morgan fingerprint density at radius 1 is 1.23 bits per heavy atom. The van der Waals surface area contributed by atoms with Crippen LogP contribution in [0.2, 0.25) is 0 Å². The van der Waals surface area contributed by atoms with E-state index in [1.165, 1.54) is 11.3 Å². The van der Waals surface area contributed by atoms with Crippen LogP contribution in [0.25, 0.3) is 0 Å². The average molecular weight is 359 g/mol. The maximum atomic E-state index is 12.3. The maximum absolute atomic E-state index is 12.3. The summed E-state index contributed by atoms with van der Waals surface area (Å²) in [7, 11) is 0. The summed E-state index contributed by atoms with van der Waals surface area (Å²) in [5, 5.41) is 3.04. The second-order valence-electron chi connectivity index (χ2n) is 5.61. The van der Waals surface area contributed by atoms with Crippen LogP contribution in [-0.4, -0.2) is 25.0 Å². The molecule has 0 saturated carbocycles. The Kier molecular flexibility index (Phi) is 4.48. The number of para-hydroxylation sites is 1. The Labute approximate surface area is 139 Å². The van der Waals surface area contributed by atoms with Crippen molar-refractivity contribution in [2.75, 3.05) is 18.0 Å². The van der Waals surface area contributed by atoms with Crippen molar-refractivity contribution in [2.45, 2.75) is 19.4 Å². The zero-order valence-corrected chi connectivity index (χ0v) is 14.1. The summed E-state index contributed by atoms with van der Waals surface area (Å²) < 4.78 is 0.826. The van der Waals surface area contributed by atoms with E-state index in [1.807, 2.05) is 24.3 Å². The van der Waals surface area contributed by atoms with Gasteiger partial charge in [-0.05, 0) is 53.0 Å². The third kappa shape index (κ3) is 3.02. The quantitative estimate of drug-likeness (QED) is 0.904. The number of nitrogens with one attached hydrogen (secondary N) is 1. The third-order valence-electron chi connectivity index (χ3n) is 4.13. The van der Waals surface area contributed by atoms with Gasteiger partial charge < -0.3 is 10.2 Å². The SMILES string of the molecule is CC(CNC(=O)c1ccccc1Br)N1CCc2ccccc21. The Morgan fingerprint density at radius 3 is 2.77 bits per heavy atom. The Balaban J connectivity index is 1.63. The molecule has 1 amide bonds. The van der Waals surface area contributed by atoms with Gasteiger partial charge in [0.05, 0.1) is 5.56 Å². The van der Waals surface area contributed by atoms with Gasteiger partial charge in [0.1, 0.15) is 0 Å². The predicted octanol–water partition coefficient (Wildman–Crippen LogP) is 3.63. The molecule has 1 aliphatic rings. The lowest BCUT2D eigenvalue weighted by Gasteiger charge is -2.27. The third-order valence-corrected chi connectivity index (χ3v) is 4.82. The van der Waals surface area contributed by atoms with Gasteiger partial charge in [0.25, 0.3) is 5.91 Å². The number of carbonyl (C=O) groups excluding carboxylic acids is 1. The fourth-order valence-corrected chi connectivity index (χ4v) is 3.38. The van der Waals surface area contributed by atoms with Crippen LogP contribution in [0, 0.1) is 0 Å². The van der Waals surface area contributed by atoms with Gasteiger partial charge in [-0.15, -0.1) is 0 Å². The van der Waals surface area contributed by atoms with Gasteiger partial charge in [-0.3, -0.25) is 4.79 Å². The highest BCUT2D eigenvalue weighted by Gasteiger charge is 2.23. The zero-order valence-electron chi connectivity index (χ0n) is 12.6. The predicted molar refractivity (Wildman–Crippen MR) is 93.4 cm³/mol. The number of hydrogen-bond acceptors (Lipinski definition) is 2. The Hall–Kier alpha value is -1.81. The van der Waals surface area contributed by atoms with Crippen molar-refractivity contribution in [3.8, 4) is 0 Å². The first-order valence-electron chi connectivity index (χ1n) is 7.54. The second-order valence-corrected chi connectivity index (χ2v) is 6.47. The number of hydrogen-bond donors (Lipinski definition) is 1. The maximum Gasteiger partial charge on any atom is 0.252 e. The number of nitrogens with zero attached hydrogens (tertiary/aromatic N) is 1. The van der Waals surface area contributed by atoms with Crippen molar-refractivity contribution in [2.24, 2.45) is 0 Å². The number of anilines is 1. The van der Waals surface area contributed by atoms with Crippen molar-refractivity contribution < 1.29 is 4.79 Å². The van der Waals surface area contributed by atoms with E-state index in [0.717, 1.165) is 17.4 Å². The molecule has 0 bridgehead atoms. The van der Waals surface area contributed by atoms with Gasteiger partial charge in [-0.1, -0.05) is 30.3 Å². The number of amides is 1. The number of halogens is 1. The molecule has 1 heterocycles. The second kappa shape index (κ2) is 6.53. The summed E-state index contributed by atoms with van der Waals surface area (Å²) in [4.78, 5) is 14.6. The van der Waals surface area contributed by atoms with Crippen LogP contribution in [-0.2, 0) is 6.42 Å². The molecule has 0 fully saturated rings.